The molecule has 1 fully saturated rings. The lowest BCUT2D eigenvalue weighted by Gasteiger charge is -2.30. The van der Waals surface area contributed by atoms with Gasteiger partial charge in [0.25, 0.3) is 0 Å². The Morgan fingerprint density at radius 3 is 2.39 bits per heavy atom. The molecule has 0 atom stereocenters. The van der Waals surface area contributed by atoms with E-state index in [0.717, 1.165) is 11.3 Å². The summed E-state index contributed by atoms with van der Waals surface area (Å²) in [4.78, 5) is 12.4. The molecule has 1 saturated heterocycles. The lowest BCUT2D eigenvalue weighted by molar-refractivity contribution is -0.126. The summed E-state index contributed by atoms with van der Waals surface area (Å²) in [7, 11) is -3.57. The van der Waals surface area contributed by atoms with Gasteiger partial charge in [0, 0.05) is 34.6 Å². The number of halogens is 2. The first-order valence-corrected chi connectivity index (χ1v) is 12.5. The fourth-order valence-electron chi connectivity index (χ4n) is 3.54. The van der Waals surface area contributed by atoms with Crippen LogP contribution in [0.5, 0.6) is 5.75 Å². The highest BCUT2D eigenvalue weighted by atomic mass is 35.5. The molecule has 0 saturated carbocycles. The van der Waals surface area contributed by atoms with Gasteiger partial charge >= 0.3 is 0 Å². The number of nitrogens with one attached hydrogen (secondary N) is 1. The molecular weight excluding hydrogens is 459 g/mol. The maximum atomic E-state index is 12.8. The maximum absolute atomic E-state index is 12.8. The average molecular weight is 485 g/mol. The molecule has 6 nitrogen and oxygen atoms in total. The van der Waals surface area contributed by atoms with Gasteiger partial charge in [0.15, 0.2) is 0 Å². The van der Waals surface area contributed by atoms with Crippen LogP contribution in [0, 0.1) is 12.8 Å². The number of aryl methyl sites for hydroxylation is 1. The maximum Gasteiger partial charge on any atom is 0.223 e. The molecule has 1 aliphatic heterocycles. The molecule has 0 aromatic heterocycles. The predicted molar refractivity (Wildman–Crippen MR) is 123 cm³/mol. The quantitative estimate of drug-likeness (QED) is 0.573. The van der Waals surface area contributed by atoms with Gasteiger partial charge in [-0.1, -0.05) is 47.5 Å². The fourth-order valence-corrected chi connectivity index (χ4v) is 5.85. The third kappa shape index (κ3) is 6.35. The highest BCUT2D eigenvalue weighted by Crippen LogP contribution is 2.29. The minimum atomic E-state index is -3.57. The lowest BCUT2D eigenvalue weighted by Crippen LogP contribution is -2.44. The molecule has 31 heavy (non-hydrogen) atoms. The molecule has 0 unspecified atom stereocenters. The SMILES string of the molecule is Cc1ccccc1OCCNC(=O)C1CCN(S(=O)(=O)Cc2c(Cl)cccc2Cl)CC1. The smallest absolute Gasteiger partial charge is 0.223 e. The minimum Gasteiger partial charge on any atom is -0.491 e. The molecular formula is C22H26Cl2N2O4S. The van der Waals surface area contributed by atoms with Gasteiger partial charge in [-0.3, -0.25) is 4.79 Å². The van der Waals surface area contributed by atoms with Crippen LogP contribution in [0.25, 0.3) is 0 Å². The number of carbonyl (C=O) groups excluding carboxylic acids is 1. The first-order valence-electron chi connectivity index (χ1n) is 10.1. The number of rotatable bonds is 8. The molecule has 2 aromatic carbocycles. The van der Waals surface area contributed by atoms with E-state index in [1.165, 1.54) is 4.31 Å². The van der Waals surface area contributed by atoms with Crippen LogP contribution in [-0.4, -0.2) is 44.9 Å². The van der Waals surface area contributed by atoms with Crippen LogP contribution in [0.3, 0.4) is 0 Å². The van der Waals surface area contributed by atoms with Crippen LogP contribution in [0.1, 0.15) is 24.0 Å². The molecule has 0 radical (unpaired) electrons. The molecule has 0 spiro atoms. The second-order valence-electron chi connectivity index (χ2n) is 7.53. The van der Waals surface area contributed by atoms with Crippen molar-refractivity contribution in [3.63, 3.8) is 0 Å². The minimum absolute atomic E-state index is 0.0698. The summed E-state index contributed by atoms with van der Waals surface area (Å²) < 4.78 is 32.7. The van der Waals surface area contributed by atoms with E-state index < -0.39 is 10.0 Å². The topological polar surface area (TPSA) is 75.7 Å². The number of piperidine rings is 1. The normalized spacial score (nSPS) is 15.6. The second-order valence-corrected chi connectivity index (χ2v) is 10.3. The number of amides is 1. The average Bonchev–Trinajstić information content (AvgIpc) is 2.75. The number of hydrogen-bond donors (Lipinski definition) is 1. The Bertz CT molecular complexity index is 1000. The van der Waals surface area contributed by atoms with Crippen molar-refractivity contribution in [1.82, 2.24) is 9.62 Å². The molecule has 9 heteroatoms. The van der Waals surface area contributed by atoms with Crippen molar-refractivity contribution in [1.29, 1.82) is 0 Å². The van der Waals surface area contributed by atoms with E-state index in [-0.39, 0.29) is 17.6 Å². The van der Waals surface area contributed by atoms with Crippen molar-refractivity contribution >= 4 is 39.1 Å². The Hall–Kier alpha value is -1.80. The van der Waals surface area contributed by atoms with E-state index >= 15 is 0 Å². The van der Waals surface area contributed by atoms with Crippen molar-refractivity contribution in [3.05, 3.63) is 63.6 Å². The summed E-state index contributed by atoms with van der Waals surface area (Å²) in [5, 5.41) is 3.55. The summed E-state index contributed by atoms with van der Waals surface area (Å²) in [5.74, 6) is 0.265. The van der Waals surface area contributed by atoms with Crippen LogP contribution in [0.4, 0.5) is 0 Å². The molecule has 0 bridgehead atoms. The van der Waals surface area contributed by atoms with Crippen molar-refractivity contribution in [3.8, 4) is 5.75 Å². The molecule has 0 aliphatic carbocycles. The predicted octanol–water partition coefficient (Wildman–Crippen LogP) is 4.04. The first kappa shape index (κ1) is 23.9. The van der Waals surface area contributed by atoms with E-state index in [2.05, 4.69) is 5.32 Å². The third-order valence-corrected chi connectivity index (χ3v) is 7.87. The van der Waals surface area contributed by atoms with Crippen molar-refractivity contribution in [2.45, 2.75) is 25.5 Å². The van der Waals surface area contributed by atoms with Gasteiger partial charge in [-0.2, -0.15) is 0 Å². The van der Waals surface area contributed by atoms with Crippen LogP contribution in [0.15, 0.2) is 42.5 Å². The van der Waals surface area contributed by atoms with Crippen molar-refractivity contribution < 1.29 is 17.9 Å². The van der Waals surface area contributed by atoms with E-state index in [1.807, 2.05) is 31.2 Å². The second kappa shape index (κ2) is 10.7. The van der Waals surface area contributed by atoms with Crippen LogP contribution < -0.4 is 10.1 Å². The lowest BCUT2D eigenvalue weighted by atomic mass is 9.97. The summed E-state index contributed by atoms with van der Waals surface area (Å²) in [5.41, 5.74) is 1.44. The molecule has 1 N–H and O–H groups in total. The Labute approximate surface area is 193 Å². The number of ether oxygens (including phenoxy) is 1. The molecule has 1 amide bonds. The van der Waals surface area contributed by atoms with E-state index in [4.69, 9.17) is 27.9 Å². The molecule has 1 aliphatic rings. The van der Waals surface area contributed by atoms with Crippen molar-refractivity contribution in [2.24, 2.45) is 5.92 Å². The summed E-state index contributed by atoms with van der Waals surface area (Å²) in [6, 6.07) is 12.6. The zero-order chi connectivity index (χ0) is 22.4. The zero-order valence-electron chi connectivity index (χ0n) is 17.3. The number of carbonyl (C=O) groups is 1. The van der Waals surface area contributed by atoms with Gasteiger partial charge in [0.05, 0.1) is 12.3 Å². The highest BCUT2D eigenvalue weighted by molar-refractivity contribution is 7.88. The largest absolute Gasteiger partial charge is 0.491 e. The van der Waals surface area contributed by atoms with Gasteiger partial charge in [-0.05, 0) is 43.5 Å². The Balaban J connectivity index is 1.45. The van der Waals surface area contributed by atoms with E-state index in [1.54, 1.807) is 18.2 Å². The number of sulfonamides is 1. The Morgan fingerprint density at radius 1 is 1.10 bits per heavy atom. The molecule has 168 valence electrons. The number of para-hydroxylation sites is 1. The molecule has 1 heterocycles. The molecule has 3 rings (SSSR count). The van der Waals surface area contributed by atoms with Gasteiger partial charge in [0.2, 0.25) is 15.9 Å². The summed E-state index contributed by atoms with van der Waals surface area (Å²) in [6.45, 7) is 3.33. The van der Waals surface area contributed by atoms with Crippen LogP contribution in [0.2, 0.25) is 10.0 Å². The standard InChI is InChI=1S/C22H26Cl2N2O4S/c1-16-5-2-3-8-21(16)30-14-11-25-22(27)17-9-12-26(13-10-17)31(28,29)15-18-19(23)6-4-7-20(18)24/h2-8,17H,9-15H2,1H3,(H,25,27). The summed E-state index contributed by atoms with van der Waals surface area (Å²) >= 11 is 12.2. The van der Waals surface area contributed by atoms with E-state index in [9.17, 15) is 13.2 Å². The number of nitrogens with zero attached hydrogens (tertiary/aromatic N) is 1. The van der Waals surface area contributed by atoms with Gasteiger partial charge in [-0.25, -0.2) is 12.7 Å². The van der Waals surface area contributed by atoms with Crippen LogP contribution >= 0.6 is 23.2 Å². The van der Waals surface area contributed by atoms with Crippen molar-refractivity contribution in [2.75, 3.05) is 26.2 Å². The van der Waals surface area contributed by atoms with Crippen LogP contribution in [-0.2, 0) is 20.6 Å². The monoisotopic (exact) mass is 484 g/mol. The Morgan fingerprint density at radius 2 is 1.74 bits per heavy atom. The number of hydrogen-bond acceptors (Lipinski definition) is 4. The fraction of sp³-hybridized carbons (Fsp3) is 0.409. The molecule has 2 aromatic rings. The third-order valence-electron chi connectivity index (χ3n) is 5.36. The summed E-state index contributed by atoms with van der Waals surface area (Å²) in [6.07, 6.45) is 0.944. The highest BCUT2D eigenvalue weighted by Gasteiger charge is 2.31. The van der Waals surface area contributed by atoms with Gasteiger partial charge < -0.3 is 10.1 Å². The number of benzene rings is 2. The van der Waals surface area contributed by atoms with Gasteiger partial charge in [0.1, 0.15) is 12.4 Å². The zero-order valence-corrected chi connectivity index (χ0v) is 19.6. The van der Waals surface area contributed by atoms with Gasteiger partial charge in [-0.15, -0.1) is 0 Å². The first-order chi connectivity index (χ1) is 14.8. The Kier molecular flexibility index (Phi) is 8.22. The van der Waals surface area contributed by atoms with E-state index in [0.29, 0.717) is 54.7 Å².